The van der Waals surface area contributed by atoms with Crippen LogP contribution in [-0.2, 0) is 4.79 Å². The zero-order valence-electron chi connectivity index (χ0n) is 12.3. The van der Waals surface area contributed by atoms with Gasteiger partial charge in [0, 0.05) is 6.42 Å². The summed E-state index contributed by atoms with van der Waals surface area (Å²) in [7, 11) is 0. The molecule has 21 heavy (non-hydrogen) atoms. The minimum atomic E-state index is -0.220. The largest absolute Gasteiger partial charge is 0.424 e. The van der Waals surface area contributed by atoms with Crippen molar-refractivity contribution in [3.8, 4) is 16.9 Å². The Morgan fingerprint density at radius 3 is 2.48 bits per heavy atom. The van der Waals surface area contributed by atoms with E-state index >= 15 is 0 Å². The molecule has 0 unspecified atom stereocenters. The molecular formula is C18H21NO2. The number of esters is 1. The first kappa shape index (κ1) is 15.1. The molecule has 3 nitrogen and oxygen atoms in total. The normalized spacial score (nSPS) is 10.3. The zero-order valence-corrected chi connectivity index (χ0v) is 12.3. The predicted octanol–water partition coefficient (Wildman–Crippen LogP) is 4.42. The molecule has 0 bridgehead atoms. The van der Waals surface area contributed by atoms with E-state index in [1.165, 1.54) is 0 Å². The van der Waals surface area contributed by atoms with Gasteiger partial charge in [0.15, 0.2) is 5.75 Å². The lowest BCUT2D eigenvalue weighted by Gasteiger charge is -2.09. The van der Waals surface area contributed by atoms with Crippen LogP contribution in [0.4, 0.5) is 5.69 Å². The second kappa shape index (κ2) is 7.48. The van der Waals surface area contributed by atoms with Crippen LogP contribution in [0.3, 0.4) is 0 Å². The first-order chi connectivity index (χ1) is 10.2. The molecule has 0 amide bonds. The van der Waals surface area contributed by atoms with Crippen LogP contribution in [-0.4, -0.2) is 5.97 Å². The number of nitrogens with two attached hydrogens (primary N) is 1. The molecule has 0 spiro atoms. The molecule has 0 saturated carbocycles. The van der Waals surface area contributed by atoms with Crippen molar-refractivity contribution in [2.75, 3.05) is 5.73 Å². The van der Waals surface area contributed by atoms with Crippen molar-refractivity contribution >= 4 is 11.7 Å². The maximum Gasteiger partial charge on any atom is 0.311 e. The average molecular weight is 283 g/mol. The molecule has 0 aliphatic rings. The summed E-state index contributed by atoms with van der Waals surface area (Å²) in [5.74, 6) is 0.221. The van der Waals surface area contributed by atoms with Crippen molar-refractivity contribution in [1.29, 1.82) is 0 Å². The molecule has 2 rings (SSSR count). The number of rotatable bonds is 6. The lowest BCUT2D eigenvalue weighted by atomic mass is 10.1. The van der Waals surface area contributed by atoms with E-state index < -0.39 is 0 Å². The Balaban J connectivity index is 2.04. The first-order valence-corrected chi connectivity index (χ1v) is 7.36. The Morgan fingerprint density at radius 2 is 1.81 bits per heavy atom. The second-order valence-electron chi connectivity index (χ2n) is 5.05. The summed E-state index contributed by atoms with van der Waals surface area (Å²) >= 11 is 0. The fourth-order valence-corrected chi connectivity index (χ4v) is 2.14. The van der Waals surface area contributed by atoms with Gasteiger partial charge in [-0.1, -0.05) is 56.2 Å². The molecule has 2 aromatic carbocycles. The molecule has 0 aliphatic heterocycles. The van der Waals surface area contributed by atoms with Crippen LogP contribution in [0.1, 0.15) is 32.6 Å². The summed E-state index contributed by atoms with van der Waals surface area (Å²) in [6, 6.07) is 15.5. The lowest BCUT2D eigenvalue weighted by Crippen LogP contribution is -2.09. The van der Waals surface area contributed by atoms with Crippen LogP contribution < -0.4 is 10.5 Å². The Labute approximate surface area is 125 Å². The van der Waals surface area contributed by atoms with Crippen LogP contribution in [0.15, 0.2) is 48.5 Å². The highest BCUT2D eigenvalue weighted by Crippen LogP contribution is 2.28. The van der Waals surface area contributed by atoms with Gasteiger partial charge in [-0.3, -0.25) is 4.79 Å². The van der Waals surface area contributed by atoms with Crippen LogP contribution in [0.25, 0.3) is 11.1 Å². The molecule has 0 fully saturated rings. The van der Waals surface area contributed by atoms with Gasteiger partial charge in [0.2, 0.25) is 0 Å². The lowest BCUT2D eigenvalue weighted by molar-refractivity contribution is -0.134. The van der Waals surface area contributed by atoms with Gasteiger partial charge in [-0.2, -0.15) is 0 Å². The third kappa shape index (κ3) is 4.35. The highest BCUT2D eigenvalue weighted by atomic mass is 16.5. The number of hydrogen-bond acceptors (Lipinski definition) is 3. The Hall–Kier alpha value is -2.29. The fraction of sp³-hybridized carbons (Fsp3) is 0.278. The van der Waals surface area contributed by atoms with E-state index in [4.69, 9.17) is 10.5 Å². The Morgan fingerprint density at radius 1 is 1.05 bits per heavy atom. The van der Waals surface area contributed by atoms with E-state index in [-0.39, 0.29) is 5.97 Å². The van der Waals surface area contributed by atoms with Gasteiger partial charge < -0.3 is 10.5 Å². The number of benzene rings is 2. The molecule has 0 aromatic heterocycles. The highest BCUT2D eigenvalue weighted by Gasteiger charge is 2.08. The number of carbonyl (C=O) groups excluding carboxylic acids is 1. The SMILES string of the molecule is CCCCCC(=O)Oc1ccc(-c2ccccc2)cc1N. The van der Waals surface area contributed by atoms with Crippen molar-refractivity contribution in [2.24, 2.45) is 0 Å². The number of ether oxygens (including phenoxy) is 1. The van der Waals surface area contributed by atoms with Crippen LogP contribution in [0.5, 0.6) is 5.75 Å². The van der Waals surface area contributed by atoms with Gasteiger partial charge in [0.1, 0.15) is 0 Å². The number of carbonyl (C=O) groups is 1. The molecule has 2 N–H and O–H groups in total. The number of nitrogen functional groups attached to an aromatic ring is 1. The summed E-state index contributed by atoms with van der Waals surface area (Å²) in [5, 5.41) is 0. The maximum absolute atomic E-state index is 11.7. The van der Waals surface area contributed by atoms with Crippen LogP contribution in [0, 0.1) is 0 Å². The second-order valence-corrected chi connectivity index (χ2v) is 5.05. The van der Waals surface area contributed by atoms with Gasteiger partial charge >= 0.3 is 5.97 Å². The van der Waals surface area contributed by atoms with Crippen molar-refractivity contribution in [3.05, 3.63) is 48.5 Å². The van der Waals surface area contributed by atoms with Crippen LogP contribution in [0.2, 0.25) is 0 Å². The van der Waals surface area contributed by atoms with Gasteiger partial charge in [-0.25, -0.2) is 0 Å². The molecule has 0 heterocycles. The molecule has 0 saturated heterocycles. The summed E-state index contributed by atoms with van der Waals surface area (Å²) in [6.45, 7) is 2.10. The van der Waals surface area contributed by atoms with Gasteiger partial charge in [0.05, 0.1) is 5.69 Å². The fourth-order valence-electron chi connectivity index (χ4n) is 2.14. The molecule has 0 aliphatic carbocycles. The molecule has 2 aromatic rings. The molecule has 3 heteroatoms. The average Bonchev–Trinajstić information content (AvgIpc) is 2.50. The summed E-state index contributed by atoms with van der Waals surface area (Å²) < 4.78 is 5.32. The monoisotopic (exact) mass is 283 g/mol. The van der Waals surface area contributed by atoms with E-state index in [0.717, 1.165) is 30.4 Å². The van der Waals surface area contributed by atoms with Gasteiger partial charge in [-0.05, 0) is 29.7 Å². The molecule has 0 radical (unpaired) electrons. The van der Waals surface area contributed by atoms with E-state index in [0.29, 0.717) is 17.9 Å². The third-order valence-corrected chi connectivity index (χ3v) is 3.33. The van der Waals surface area contributed by atoms with E-state index in [1.54, 1.807) is 6.07 Å². The molecular weight excluding hydrogens is 262 g/mol. The summed E-state index contributed by atoms with van der Waals surface area (Å²) in [6.07, 6.45) is 3.42. The number of unbranched alkanes of at least 4 members (excludes halogenated alkanes) is 2. The summed E-state index contributed by atoms with van der Waals surface area (Å²) in [5.41, 5.74) is 8.57. The summed E-state index contributed by atoms with van der Waals surface area (Å²) in [4.78, 5) is 11.7. The van der Waals surface area contributed by atoms with Crippen molar-refractivity contribution in [3.63, 3.8) is 0 Å². The zero-order chi connectivity index (χ0) is 15.1. The molecule has 0 atom stereocenters. The van der Waals surface area contributed by atoms with E-state index in [2.05, 4.69) is 6.92 Å². The quantitative estimate of drug-likeness (QED) is 0.369. The minimum absolute atomic E-state index is 0.220. The van der Waals surface area contributed by atoms with E-state index in [9.17, 15) is 4.79 Å². The first-order valence-electron chi connectivity index (χ1n) is 7.36. The van der Waals surface area contributed by atoms with Gasteiger partial charge in [0.25, 0.3) is 0 Å². The number of hydrogen-bond donors (Lipinski definition) is 1. The van der Waals surface area contributed by atoms with Crippen molar-refractivity contribution in [2.45, 2.75) is 32.6 Å². The van der Waals surface area contributed by atoms with Gasteiger partial charge in [-0.15, -0.1) is 0 Å². The van der Waals surface area contributed by atoms with E-state index in [1.807, 2.05) is 42.5 Å². The Kier molecular flexibility index (Phi) is 5.38. The molecule has 110 valence electrons. The van der Waals surface area contributed by atoms with Crippen molar-refractivity contribution in [1.82, 2.24) is 0 Å². The minimum Gasteiger partial charge on any atom is -0.424 e. The Bertz CT molecular complexity index is 593. The standard InChI is InChI=1S/C18H21NO2/c1-2-3-5-10-18(20)21-17-12-11-15(13-16(17)19)14-8-6-4-7-9-14/h4,6-9,11-13H,2-3,5,10,19H2,1H3. The van der Waals surface area contributed by atoms with Crippen molar-refractivity contribution < 1.29 is 9.53 Å². The number of anilines is 1. The third-order valence-electron chi connectivity index (χ3n) is 3.33. The maximum atomic E-state index is 11.7. The topological polar surface area (TPSA) is 52.3 Å². The smallest absolute Gasteiger partial charge is 0.311 e. The highest BCUT2D eigenvalue weighted by molar-refractivity contribution is 5.77. The predicted molar refractivity (Wildman–Crippen MR) is 86.1 cm³/mol. The van der Waals surface area contributed by atoms with Crippen LogP contribution >= 0.6 is 0 Å².